The van der Waals surface area contributed by atoms with Crippen molar-refractivity contribution in [2.75, 3.05) is 11.5 Å². The highest BCUT2D eigenvalue weighted by molar-refractivity contribution is 8.00. The summed E-state index contributed by atoms with van der Waals surface area (Å²) in [4.78, 5) is 19.6. The van der Waals surface area contributed by atoms with Crippen molar-refractivity contribution in [2.45, 2.75) is 29.3 Å². The summed E-state index contributed by atoms with van der Waals surface area (Å²) < 4.78 is 0. The summed E-state index contributed by atoms with van der Waals surface area (Å²) in [5.41, 5.74) is 1.86. The lowest BCUT2D eigenvalue weighted by Gasteiger charge is -2.09. The highest BCUT2D eigenvalue weighted by Crippen LogP contribution is 2.23. The van der Waals surface area contributed by atoms with E-state index in [-0.39, 0.29) is 10.9 Å². The number of nitrogens with zero attached hydrogens (tertiary/aromatic N) is 1. The van der Waals surface area contributed by atoms with Gasteiger partial charge in [-0.15, -0.1) is 23.4 Å². The fourth-order valence-corrected chi connectivity index (χ4v) is 3.84. The quantitative estimate of drug-likeness (QED) is 0.492. The smallest absolute Gasteiger partial charge is 0.251 e. The van der Waals surface area contributed by atoms with E-state index in [4.69, 9.17) is 11.6 Å². The second-order valence-corrected chi connectivity index (χ2v) is 7.44. The van der Waals surface area contributed by atoms with Gasteiger partial charge in [0, 0.05) is 28.2 Å². The minimum Gasteiger partial charge on any atom is -0.301 e. The molecule has 0 saturated carbocycles. The number of benzene rings is 1. The lowest BCUT2D eigenvalue weighted by Crippen LogP contribution is -2.11. The molecule has 21 heavy (non-hydrogen) atoms. The van der Waals surface area contributed by atoms with E-state index in [1.54, 1.807) is 11.8 Å². The van der Waals surface area contributed by atoms with Crippen LogP contribution in [0.3, 0.4) is 0 Å². The summed E-state index contributed by atoms with van der Waals surface area (Å²) >= 11 is 9.55. The number of halogens is 1. The number of rotatable bonds is 6. The van der Waals surface area contributed by atoms with Crippen LogP contribution in [0.25, 0.3) is 0 Å². The lowest BCUT2D eigenvalue weighted by atomic mass is 10.2. The van der Waals surface area contributed by atoms with Crippen LogP contribution in [0.5, 0.6) is 0 Å². The summed E-state index contributed by atoms with van der Waals surface area (Å²) in [6.07, 6.45) is 0. The van der Waals surface area contributed by atoms with Crippen LogP contribution in [0.2, 0.25) is 0 Å². The van der Waals surface area contributed by atoms with Crippen LogP contribution in [0.1, 0.15) is 11.3 Å². The first kappa shape index (κ1) is 16.5. The van der Waals surface area contributed by atoms with Gasteiger partial charge >= 0.3 is 0 Å². The third kappa shape index (κ3) is 5.77. The van der Waals surface area contributed by atoms with E-state index in [0.29, 0.717) is 10.9 Å². The Balaban J connectivity index is 1.80. The van der Waals surface area contributed by atoms with Crippen LogP contribution in [0.4, 0.5) is 0 Å². The Hall–Kier alpha value is -0.910. The number of thioether (sulfide) groups is 2. The maximum atomic E-state index is 11.3. The van der Waals surface area contributed by atoms with E-state index >= 15 is 0 Å². The average molecular weight is 341 g/mol. The number of aromatic nitrogens is 2. The second kappa shape index (κ2) is 7.92. The van der Waals surface area contributed by atoms with E-state index < -0.39 is 0 Å². The second-order valence-electron chi connectivity index (χ2n) is 4.72. The lowest BCUT2D eigenvalue weighted by molar-refractivity contribution is 0.903. The number of aromatic amines is 1. The monoisotopic (exact) mass is 340 g/mol. The number of alkyl halides is 1. The van der Waals surface area contributed by atoms with Gasteiger partial charge in [-0.2, -0.15) is 0 Å². The molecule has 0 aliphatic heterocycles. The van der Waals surface area contributed by atoms with Gasteiger partial charge in [0.1, 0.15) is 0 Å². The molecule has 0 aliphatic rings. The van der Waals surface area contributed by atoms with Crippen molar-refractivity contribution in [1.82, 2.24) is 9.97 Å². The van der Waals surface area contributed by atoms with Crippen LogP contribution >= 0.6 is 35.1 Å². The van der Waals surface area contributed by atoms with E-state index in [1.165, 1.54) is 28.3 Å². The van der Waals surface area contributed by atoms with E-state index in [1.807, 2.05) is 6.92 Å². The van der Waals surface area contributed by atoms with Crippen LogP contribution in [0, 0.1) is 13.8 Å². The normalized spacial score (nSPS) is 12.3. The van der Waals surface area contributed by atoms with Gasteiger partial charge in [0.25, 0.3) is 5.56 Å². The topological polar surface area (TPSA) is 45.8 Å². The van der Waals surface area contributed by atoms with Gasteiger partial charge in [0.15, 0.2) is 5.16 Å². The van der Waals surface area contributed by atoms with Gasteiger partial charge in [-0.1, -0.05) is 29.5 Å². The Morgan fingerprint density at radius 2 is 1.86 bits per heavy atom. The Morgan fingerprint density at radius 1 is 1.19 bits per heavy atom. The molecular formula is C15H17ClN2OS2. The molecule has 0 aliphatic carbocycles. The number of hydrogen-bond acceptors (Lipinski definition) is 4. The maximum absolute atomic E-state index is 11.3. The first-order valence-electron chi connectivity index (χ1n) is 6.57. The zero-order chi connectivity index (χ0) is 15.2. The Labute approximate surface area is 137 Å². The van der Waals surface area contributed by atoms with Gasteiger partial charge in [-0.05, 0) is 26.0 Å². The maximum Gasteiger partial charge on any atom is 0.251 e. The SMILES string of the molecule is Cc1ccc(SC[C@H](Cl)CSc2nc(C)cc(=O)[nH]2)cc1. The molecule has 2 rings (SSSR count). The summed E-state index contributed by atoms with van der Waals surface area (Å²) in [6.45, 7) is 3.88. The molecule has 1 aromatic heterocycles. The largest absolute Gasteiger partial charge is 0.301 e. The molecule has 112 valence electrons. The minimum absolute atomic E-state index is 0.0205. The van der Waals surface area contributed by atoms with Crippen molar-refractivity contribution in [3.8, 4) is 0 Å². The minimum atomic E-state index is -0.120. The molecule has 1 N–H and O–H groups in total. The van der Waals surface area contributed by atoms with Gasteiger partial charge in [-0.25, -0.2) is 4.98 Å². The molecule has 0 bridgehead atoms. The molecule has 0 fully saturated rings. The molecule has 0 amide bonds. The number of aryl methyl sites for hydroxylation is 2. The summed E-state index contributed by atoms with van der Waals surface area (Å²) in [7, 11) is 0. The molecule has 1 heterocycles. The van der Waals surface area contributed by atoms with Crippen molar-refractivity contribution >= 4 is 35.1 Å². The zero-order valence-electron chi connectivity index (χ0n) is 11.9. The third-order valence-electron chi connectivity index (χ3n) is 2.70. The number of H-pyrrole nitrogens is 1. The molecule has 1 aromatic carbocycles. The van der Waals surface area contributed by atoms with Crippen molar-refractivity contribution in [3.63, 3.8) is 0 Å². The first-order valence-corrected chi connectivity index (χ1v) is 8.98. The van der Waals surface area contributed by atoms with Gasteiger partial charge in [0.05, 0.1) is 5.38 Å². The predicted molar refractivity (Wildman–Crippen MR) is 91.9 cm³/mol. The summed E-state index contributed by atoms with van der Waals surface area (Å²) in [6, 6.07) is 9.89. The average Bonchev–Trinajstić information content (AvgIpc) is 2.43. The van der Waals surface area contributed by atoms with E-state index in [0.717, 1.165) is 11.4 Å². The van der Waals surface area contributed by atoms with Gasteiger partial charge < -0.3 is 4.98 Å². The molecule has 0 spiro atoms. The number of nitrogens with one attached hydrogen (secondary N) is 1. The Morgan fingerprint density at radius 3 is 2.52 bits per heavy atom. The van der Waals surface area contributed by atoms with Gasteiger partial charge in [0.2, 0.25) is 0 Å². The predicted octanol–water partition coefficient (Wildman–Crippen LogP) is 3.88. The third-order valence-corrected chi connectivity index (χ3v) is 5.59. The first-order chi connectivity index (χ1) is 10.0. The van der Waals surface area contributed by atoms with Crippen LogP contribution in [-0.2, 0) is 0 Å². The molecule has 6 heteroatoms. The van der Waals surface area contributed by atoms with Crippen molar-refractivity contribution < 1.29 is 0 Å². The Kier molecular flexibility index (Phi) is 6.21. The van der Waals surface area contributed by atoms with Crippen LogP contribution < -0.4 is 5.56 Å². The van der Waals surface area contributed by atoms with Crippen LogP contribution in [0.15, 0.2) is 45.2 Å². The number of hydrogen-bond donors (Lipinski definition) is 1. The fraction of sp³-hybridized carbons (Fsp3) is 0.333. The summed E-state index contributed by atoms with van der Waals surface area (Å²) in [5.74, 6) is 1.54. The van der Waals surface area contributed by atoms with Gasteiger partial charge in [-0.3, -0.25) is 4.79 Å². The zero-order valence-corrected chi connectivity index (χ0v) is 14.3. The fourth-order valence-electron chi connectivity index (χ4n) is 1.66. The highest BCUT2D eigenvalue weighted by atomic mass is 35.5. The van der Waals surface area contributed by atoms with Crippen molar-refractivity contribution in [3.05, 3.63) is 51.9 Å². The highest BCUT2D eigenvalue weighted by Gasteiger charge is 2.08. The molecular weight excluding hydrogens is 324 g/mol. The van der Waals surface area contributed by atoms with Crippen molar-refractivity contribution in [2.24, 2.45) is 0 Å². The molecule has 2 aromatic rings. The molecule has 3 nitrogen and oxygen atoms in total. The summed E-state index contributed by atoms with van der Waals surface area (Å²) in [5, 5.41) is 0.651. The Bertz CT molecular complexity index is 643. The van der Waals surface area contributed by atoms with Crippen LogP contribution in [-0.4, -0.2) is 26.9 Å². The molecule has 0 saturated heterocycles. The molecule has 0 radical (unpaired) electrons. The molecule has 1 atom stereocenters. The van der Waals surface area contributed by atoms with Crippen molar-refractivity contribution in [1.29, 1.82) is 0 Å². The molecule has 0 unspecified atom stereocenters. The standard InChI is InChI=1S/C15H17ClN2OS2/c1-10-3-5-13(6-4-10)20-8-12(16)9-21-15-17-11(2)7-14(19)18-15/h3-7,12H,8-9H2,1-2H3,(H,17,18,19)/t12-/m0/s1. The van der Waals surface area contributed by atoms with E-state index in [2.05, 4.69) is 41.2 Å². The van der Waals surface area contributed by atoms with E-state index in [9.17, 15) is 4.79 Å².